The first-order valence-corrected chi connectivity index (χ1v) is 6.55. The van der Waals surface area contributed by atoms with E-state index in [1.54, 1.807) is 0 Å². The fraction of sp³-hybridized carbons (Fsp3) is 0.692. The van der Waals surface area contributed by atoms with Gasteiger partial charge in [-0.05, 0) is 19.0 Å². The Hall–Kier alpha value is -1.16. The fourth-order valence-corrected chi connectivity index (χ4v) is 1.81. The molecule has 0 unspecified atom stereocenters. The second kappa shape index (κ2) is 7.22. The quantitative estimate of drug-likeness (QED) is 0.785. The third-order valence-electron chi connectivity index (χ3n) is 2.87. The van der Waals surface area contributed by atoms with E-state index in [1.807, 2.05) is 33.2 Å². The van der Waals surface area contributed by atoms with Gasteiger partial charge in [0.25, 0.3) is 0 Å². The zero-order valence-corrected chi connectivity index (χ0v) is 11.5. The first-order chi connectivity index (χ1) is 8.29. The molecule has 4 heteroatoms. The Morgan fingerprint density at radius 2 is 1.59 bits per heavy atom. The molecule has 0 radical (unpaired) electrons. The molecule has 1 saturated heterocycles. The van der Waals surface area contributed by atoms with Gasteiger partial charge in [-0.3, -0.25) is 0 Å². The zero-order valence-electron chi connectivity index (χ0n) is 11.5. The lowest BCUT2D eigenvalue weighted by Crippen LogP contribution is -2.46. The lowest BCUT2D eigenvalue weighted by molar-refractivity contribution is 0.270. The van der Waals surface area contributed by atoms with Crippen LogP contribution in [0.15, 0.2) is 12.4 Å². The SMILES string of the molecule is CC.CCN1CCN(c2ncc(C)cn2)CC1. The van der Waals surface area contributed by atoms with Crippen LogP contribution in [0, 0.1) is 6.92 Å². The molecular formula is C13H24N4. The third-order valence-corrected chi connectivity index (χ3v) is 2.87. The average Bonchev–Trinajstić information content (AvgIpc) is 2.42. The summed E-state index contributed by atoms with van der Waals surface area (Å²) in [6, 6.07) is 0. The minimum absolute atomic E-state index is 0.872. The lowest BCUT2D eigenvalue weighted by atomic mass is 10.3. The van der Waals surface area contributed by atoms with Crippen LogP contribution in [0.25, 0.3) is 0 Å². The van der Waals surface area contributed by atoms with Gasteiger partial charge in [-0.1, -0.05) is 20.8 Å². The molecule has 17 heavy (non-hydrogen) atoms. The van der Waals surface area contributed by atoms with Gasteiger partial charge in [-0.2, -0.15) is 0 Å². The molecule has 0 spiro atoms. The maximum Gasteiger partial charge on any atom is 0.225 e. The summed E-state index contributed by atoms with van der Waals surface area (Å²) in [7, 11) is 0. The first kappa shape index (κ1) is 13.9. The van der Waals surface area contributed by atoms with Gasteiger partial charge >= 0.3 is 0 Å². The number of nitrogens with zero attached hydrogens (tertiary/aromatic N) is 4. The minimum atomic E-state index is 0.872. The second-order valence-electron chi connectivity index (χ2n) is 3.98. The maximum absolute atomic E-state index is 4.35. The Labute approximate surface area is 105 Å². The van der Waals surface area contributed by atoms with Crippen molar-refractivity contribution in [2.24, 2.45) is 0 Å². The van der Waals surface area contributed by atoms with E-state index in [0.717, 1.165) is 44.2 Å². The summed E-state index contributed by atoms with van der Waals surface area (Å²) in [5, 5.41) is 0. The van der Waals surface area contributed by atoms with Crippen LogP contribution in [0.5, 0.6) is 0 Å². The predicted octanol–water partition coefficient (Wildman–Crippen LogP) is 1.95. The molecule has 1 aromatic rings. The second-order valence-corrected chi connectivity index (χ2v) is 3.98. The number of piperazine rings is 1. The van der Waals surface area contributed by atoms with Crippen molar-refractivity contribution in [1.82, 2.24) is 14.9 Å². The highest BCUT2D eigenvalue weighted by Crippen LogP contribution is 2.10. The smallest absolute Gasteiger partial charge is 0.225 e. The van der Waals surface area contributed by atoms with Crippen LogP contribution < -0.4 is 4.90 Å². The van der Waals surface area contributed by atoms with Crippen LogP contribution in [0.3, 0.4) is 0 Å². The van der Waals surface area contributed by atoms with Crippen LogP contribution in [-0.2, 0) is 0 Å². The van der Waals surface area contributed by atoms with E-state index in [0.29, 0.717) is 0 Å². The maximum atomic E-state index is 4.35. The van der Waals surface area contributed by atoms with Crippen molar-refractivity contribution in [2.75, 3.05) is 37.6 Å². The zero-order chi connectivity index (χ0) is 12.7. The van der Waals surface area contributed by atoms with E-state index < -0.39 is 0 Å². The van der Waals surface area contributed by atoms with Gasteiger partial charge in [0.05, 0.1) is 0 Å². The van der Waals surface area contributed by atoms with Gasteiger partial charge in [0.15, 0.2) is 0 Å². The minimum Gasteiger partial charge on any atom is -0.338 e. The van der Waals surface area contributed by atoms with Crippen molar-refractivity contribution in [1.29, 1.82) is 0 Å². The third kappa shape index (κ3) is 3.97. The number of hydrogen-bond donors (Lipinski definition) is 0. The molecule has 0 aromatic carbocycles. The van der Waals surface area contributed by atoms with Crippen LogP contribution in [-0.4, -0.2) is 47.6 Å². The van der Waals surface area contributed by atoms with Crippen molar-refractivity contribution in [3.63, 3.8) is 0 Å². The molecule has 0 N–H and O–H groups in total. The molecule has 0 atom stereocenters. The van der Waals surface area contributed by atoms with Crippen molar-refractivity contribution in [2.45, 2.75) is 27.7 Å². The molecule has 1 aliphatic rings. The summed E-state index contributed by atoms with van der Waals surface area (Å²) in [4.78, 5) is 13.4. The molecule has 4 nitrogen and oxygen atoms in total. The van der Waals surface area contributed by atoms with E-state index in [4.69, 9.17) is 0 Å². The average molecular weight is 236 g/mol. The van der Waals surface area contributed by atoms with Gasteiger partial charge in [0.1, 0.15) is 0 Å². The fourth-order valence-electron chi connectivity index (χ4n) is 1.81. The van der Waals surface area contributed by atoms with E-state index in [1.165, 1.54) is 0 Å². The Morgan fingerprint density at radius 3 is 2.06 bits per heavy atom. The number of aryl methyl sites for hydroxylation is 1. The molecule has 0 bridgehead atoms. The van der Waals surface area contributed by atoms with Gasteiger partial charge in [0.2, 0.25) is 5.95 Å². The monoisotopic (exact) mass is 236 g/mol. The molecule has 2 heterocycles. The normalized spacial score (nSPS) is 16.4. The highest BCUT2D eigenvalue weighted by molar-refractivity contribution is 5.30. The van der Waals surface area contributed by atoms with Crippen LogP contribution >= 0.6 is 0 Å². The summed E-state index contributed by atoms with van der Waals surface area (Å²) < 4.78 is 0. The Kier molecular flexibility index (Phi) is 5.91. The summed E-state index contributed by atoms with van der Waals surface area (Å²) in [5.74, 6) is 0.872. The predicted molar refractivity (Wildman–Crippen MR) is 72.4 cm³/mol. The van der Waals surface area contributed by atoms with Crippen LogP contribution in [0.4, 0.5) is 5.95 Å². The van der Waals surface area contributed by atoms with E-state index in [-0.39, 0.29) is 0 Å². The van der Waals surface area contributed by atoms with Crippen molar-refractivity contribution < 1.29 is 0 Å². The van der Waals surface area contributed by atoms with Crippen LogP contribution in [0.1, 0.15) is 26.3 Å². The number of anilines is 1. The van der Waals surface area contributed by atoms with E-state index in [2.05, 4.69) is 26.7 Å². The summed E-state index contributed by atoms with van der Waals surface area (Å²) in [6.07, 6.45) is 3.77. The van der Waals surface area contributed by atoms with E-state index in [9.17, 15) is 0 Å². The lowest BCUT2D eigenvalue weighted by Gasteiger charge is -2.33. The number of rotatable bonds is 2. The molecular weight excluding hydrogens is 212 g/mol. The van der Waals surface area contributed by atoms with Gasteiger partial charge in [-0.25, -0.2) is 9.97 Å². The molecule has 0 aliphatic carbocycles. The van der Waals surface area contributed by atoms with Gasteiger partial charge in [0, 0.05) is 38.6 Å². The summed E-state index contributed by atoms with van der Waals surface area (Å²) in [5.41, 5.74) is 1.12. The highest BCUT2D eigenvalue weighted by atomic mass is 15.3. The first-order valence-electron chi connectivity index (χ1n) is 6.55. The van der Waals surface area contributed by atoms with Crippen molar-refractivity contribution in [3.8, 4) is 0 Å². The van der Waals surface area contributed by atoms with Crippen molar-refractivity contribution >= 4 is 5.95 Å². The molecule has 1 fully saturated rings. The Morgan fingerprint density at radius 1 is 1.06 bits per heavy atom. The number of likely N-dealkylation sites (N-methyl/N-ethyl adjacent to an activating group) is 1. The topological polar surface area (TPSA) is 32.3 Å². The summed E-state index contributed by atoms with van der Waals surface area (Å²) in [6.45, 7) is 13.7. The molecule has 96 valence electrons. The molecule has 0 saturated carbocycles. The molecule has 1 aliphatic heterocycles. The summed E-state index contributed by atoms with van der Waals surface area (Å²) >= 11 is 0. The van der Waals surface area contributed by atoms with Crippen LogP contribution in [0.2, 0.25) is 0 Å². The molecule has 1 aromatic heterocycles. The van der Waals surface area contributed by atoms with E-state index >= 15 is 0 Å². The standard InChI is InChI=1S/C11H18N4.C2H6/c1-3-14-4-6-15(7-5-14)11-12-8-10(2)9-13-11;1-2/h8-9H,3-7H2,1-2H3;1-2H3. The Bertz CT molecular complexity index is 302. The number of aromatic nitrogens is 2. The number of hydrogen-bond acceptors (Lipinski definition) is 4. The Balaban J connectivity index is 0.000000686. The largest absolute Gasteiger partial charge is 0.338 e. The van der Waals surface area contributed by atoms with Gasteiger partial charge < -0.3 is 9.80 Å². The van der Waals surface area contributed by atoms with Gasteiger partial charge in [-0.15, -0.1) is 0 Å². The highest BCUT2D eigenvalue weighted by Gasteiger charge is 2.17. The van der Waals surface area contributed by atoms with Crippen molar-refractivity contribution in [3.05, 3.63) is 18.0 Å². The molecule has 0 amide bonds. The molecule has 2 rings (SSSR count).